The van der Waals surface area contributed by atoms with E-state index >= 15 is 0 Å². The summed E-state index contributed by atoms with van der Waals surface area (Å²) in [6, 6.07) is 4.79. The molecule has 3 nitrogen and oxygen atoms in total. The van der Waals surface area contributed by atoms with Crippen LogP contribution in [0.5, 0.6) is 0 Å². The van der Waals surface area contributed by atoms with Crippen molar-refractivity contribution < 1.29 is 0 Å². The summed E-state index contributed by atoms with van der Waals surface area (Å²) in [5.41, 5.74) is 3.98. The Balaban J connectivity index is 1.90. The summed E-state index contributed by atoms with van der Waals surface area (Å²) < 4.78 is 0. The van der Waals surface area contributed by atoms with Crippen LogP contribution in [0.3, 0.4) is 0 Å². The average Bonchev–Trinajstić information content (AvgIpc) is 2.83. The molecule has 1 aromatic heterocycles. The van der Waals surface area contributed by atoms with Crippen LogP contribution in [0, 0.1) is 24.2 Å². The third-order valence-electron chi connectivity index (χ3n) is 4.07. The van der Waals surface area contributed by atoms with Gasteiger partial charge in [-0.15, -0.1) is 0 Å². The number of nitrogens with zero attached hydrogens (tertiary/aromatic N) is 2. The van der Waals surface area contributed by atoms with Crippen LogP contribution in [0.1, 0.15) is 36.1 Å². The van der Waals surface area contributed by atoms with E-state index in [1.807, 2.05) is 19.2 Å². The lowest BCUT2D eigenvalue weighted by Gasteiger charge is -2.25. The van der Waals surface area contributed by atoms with E-state index < -0.39 is 0 Å². The van der Waals surface area contributed by atoms with Gasteiger partial charge in [0.1, 0.15) is 6.07 Å². The molecule has 1 aliphatic carbocycles. The van der Waals surface area contributed by atoms with Crippen LogP contribution >= 0.6 is 0 Å². The van der Waals surface area contributed by atoms with E-state index in [1.165, 1.54) is 18.4 Å². The molecule has 2 atom stereocenters. The number of piperidine rings is 1. The molecule has 0 spiro atoms. The highest BCUT2D eigenvalue weighted by atomic mass is 14.9. The van der Waals surface area contributed by atoms with Gasteiger partial charge in [0.15, 0.2) is 0 Å². The van der Waals surface area contributed by atoms with Crippen molar-refractivity contribution in [3.63, 3.8) is 0 Å². The molecule has 0 bridgehead atoms. The second kappa shape index (κ2) is 4.55. The smallest absolute Gasteiger partial charge is 0.101 e. The Hall–Kier alpha value is -1.66. The van der Waals surface area contributed by atoms with Gasteiger partial charge in [0, 0.05) is 12.2 Å². The van der Waals surface area contributed by atoms with Gasteiger partial charge in [-0.25, -0.2) is 0 Å². The minimum absolute atomic E-state index is 0.598. The zero-order chi connectivity index (χ0) is 12.5. The fraction of sp³-hybridized carbons (Fsp3) is 0.467. The van der Waals surface area contributed by atoms with E-state index in [9.17, 15) is 0 Å². The van der Waals surface area contributed by atoms with E-state index in [2.05, 4.69) is 22.4 Å². The second-order valence-corrected chi connectivity index (χ2v) is 5.23. The molecule has 92 valence electrons. The highest BCUT2D eigenvalue weighted by molar-refractivity contribution is 5.69. The molecule has 0 radical (unpaired) electrons. The molecular weight excluding hydrogens is 222 g/mol. The topological polar surface area (TPSA) is 48.7 Å². The zero-order valence-electron chi connectivity index (χ0n) is 10.6. The van der Waals surface area contributed by atoms with Crippen LogP contribution < -0.4 is 5.32 Å². The molecule has 1 N–H and O–H groups in total. The minimum atomic E-state index is 0.598. The van der Waals surface area contributed by atoms with Crippen molar-refractivity contribution in [1.29, 1.82) is 5.26 Å². The lowest BCUT2D eigenvalue weighted by Crippen LogP contribution is -2.37. The van der Waals surface area contributed by atoms with Gasteiger partial charge in [0.2, 0.25) is 0 Å². The number of aryl methyl sites for hydroxylation is 1. The lowest BCUT2D eigenvalue weighted by atomic mass is 9.94. The third-order valence-corrected chi connectivity index (χ3v) is 4.07. The zero-order valence-corrected chi connectivity index (χ0v) is 10.6. The summed E-state index contributed by atoms with van der Waals surface area (Å²) in [5, 5.41) is 12.7. The summed E-state index contributed by atoms with van der Waals surface area (Å²) in [7, 11) is 0. The maximum Gasteiger partial charge on any atom is 0.101 e. The van der Waals surface area contributed by atoms with Gasteiger partial charge in [-0.1, -0.05) is 6.08 Å². The van der Waals surface area contributed by atoms with Crippen molar-refractivity contribution in [2.45, 2.75) is 32.2 Å². The Kier molecular flexibility index (Phi) is 2.89. The normalized spacial score (nSPS) is 26.3. The summed E-state index contributed by atoms with van der Waals surface area (Å²) in [6.07, 6.45) is 7.90. The quantitative estimate of drug-likeness (QED) is 0.818. The standard InChI is InChI=1S/C15H17N3/c1-10-13(8-16)6-14(9-18-10)12-5-11-3-2-4-17-15(11)7-12/h5-6,9,11,15,17H,2-4,7H2,1H3/t11-,15+/m1/s1. The van der Waals surface area contributed by atoms with Crippen LogP contribution in [0.2, 0.25) is 0 Å². The highest BCUT2D eigenvalue weighted by Crippen LogP contribution is 2.36. The minimum Gasteiger partial charge on any atom is -0.313 e. The Morgan fingerprint density at radius 1 is 1.50 bits per heavy atom. The van der Waals surface area contributed by atoms with Crippen molar-refractivity contribution in [1.82, 2.24) is 10.3 Å². The summed E-state index contributed by atoms with van der Waals surface area (Å²) in [5.74, 6) is 0.667. The SMILES string of the molecule is Cc1ncc(C2=C[C@H]3CCCN[C@H]3C2)cc1C#N. The first kappa shape index (κ1) is 11.4. The van der Waals surface area contributed by atoms with Gasteiger partial charge in [0.05, 0.1) is 11.3 Å². The molecule has 0 saturated carbocycles. The fourth-order valence-electron chi connectivity index (χ4n) is 3.00. The maximum atomic E-state index is 9.07. The van der Waals surface area contributed by atoms with E-state index in [0.29, 0.717) is 17.5 Å². The first-order chi connectivity index (χ1) is 8.78. The predicted molar refractivity (Wildman–Crippen MR) is 70.8 cm³/mol. The number of nitriles is 1. The molecule has 1 aromatic rings. The summed E-state index contributed by atoms with van der Waals surface area (Å²) in [4.78, 5) is 4.33. The second-order valence-electron chi connectivity index (χ2n) is 5.23. The monoisotopic (exact) mass is 239 g/mol. The molecular formula is C15H17N3. The van der Waals surface area contributed by atoms with Gasteiger partial charge < -0.3 is 5.32 Å². The Morgan fingerprint density at radius 3 is 3.17 bits per heavy atom. The highest BCUT2D eigenvalue weighted by Gasteiger charge is 2.30. The molecule has 3 rings (SSSR count). The van der Waals surface area contributed by atoms with Crippen LogP contribution in [0.15, 0.2) is 18.3 Å². The molecule has 0 amide bonds. The maximum absolute atomic E-state index is 9.07. The van der Waals surface area contributed by atoms with Crippen LogP contribution in [-0.4, -0.2) is 17.6 Å². The molecule has 18 heavy (non-hydrogen) atoms. The van der Waals surface area contributed by atoms with Gasteiger partial charge in [0.25, 0.3) is 0 Å². The van der Waals surface area contributed by atoms with Gasteiger partial charge in [-0.3, -0.25) is 4.98 Å². The molecule has 3 heteroatoms. The number of hydrogen-bond donors (Lipinski definition) is 1. The number of aromatic nitrogens is 1. The van der Waals surface area contributed by atoms with Gasteiger partial charge >= 0.3 is 0 Å². The van der Waals surface area contributed by atoms with E-state index in [4.69, 9.17) is 5.26 Å². The average molecular weight is 239 g/mol. The molecule has 2 heterocycles. The van der Waals surface area contributed by atoms with Crippen molar-refractivity contribution in [3.8, 4) is 6.07 Å². The van der Waals surface area contributed by atoms with Crippen LogP contribution in [0.4, 0.5) is 0 Å². The first-order valence-electron chi connectivity index (χ1n) is 6.59. The van der Waals surface area contributed by atoms with Crippen molar-refractivity contribution in [3.05, 3.63) is 35.2 Å². The fourth-order valence-corrected chi connectivity index (χ4v) is 3.00. The largest absolute Gasteiger partial charge is 0.313 e. The van der Waals surface area contributed by atoms with Crippen LogP contribution in [-0.2, 0) is 0 Å². The lowest BCUT2D eigenvalue weighted by molar-refractivity contribution is 0.348. The number of nitrogens with one attached hydrogen (secondary N) is 1. The number of pyridine rings is 1. The third kappa shape index (κ3) is 1.93. The van der Waals surface area contributed by atoms with E-state index in [-0.39, 0.29) is 0 Å². The van der Waals surface area contributed by atoms with E-state index in [1.54, 1.807) is 0 Å². The van der Waals surface area contributed by atoms with E-state index in [0.717, 1.165) is 24.2 Å². The van der Waals surface area contributed by atoms with Crippen molar-refractivity contribution in [2.75, 3.05) is 6.54 Å². The number of fused-ring (bicyclic) bond motifs is 1. The molecule has 0 unspecified atom stereocenters. The number of rotatable bonds is 1. The van der Waals surface area contributed by atoms with Gasteiger partial charge in [-0.2, -0.15) is 5.26 Å². The van der Waals surface area contributed by atoms with Crippen molar-refractivity contribution in [2.24, 2.45) is 5.92 Å². The Bertz CT molecular complexity index is 539. The molecule has 1 saturated heterocycles. The summed E-state index contributed by atoms with van der Waals surface area (Å²) in [6.45, 7) is 3.02. The molecule has 1 aliphatic heterocycles. The van der Waals surface area contributed by atoms with Crippen molar-refractivity contribution >= 4 is 5.57 Å². The summed E-state index contributed by atoms with van der Waals surface area (Å²) >= 11 is 0. The molecule has 2 aliphatic rings. The van der Waals surface area contributed by atoms with Crippen LogP contribution in [0.25, 0.3) is 5.57 Å². The predicted octanol–water partition coefficient (Wildman–Crippen LogP) is 2.42. The molecule has 0 aromatic carbocycles. The Labute approximate surface area is 108 Å². The number of hydrogen-bond acceptors (Lipinski definition) is 3. The van der Waals surface area contributed by atoms with Gasteiger partial charge in [-0.05, 0) is 55.9 Å². The Morgan fingerprint density at radius 2 is 2.39 bits per heavy atom. The first-order valence-corrected chi connectivity index (χ1v) is 6.59. The molecule has 1 fully saturated rings.